The van der Waals surface area contributed by atoms with E-state index in [1.165, 1.54) is 11.5 Å². The molecule has 4 heterocycles. The summed E-state index contributed by atoms with van der Waals surface area (Å²) in [5.74, 6) is 0.797. The molecule has 0 saturated carbocycles. The van der Waals surface area contributed by atoms with Gasteiger partial charge in [-0.05, 0) is 50.7 Å². The van der Waals surface area contributed by atoms with Crippen LogP contribution in [0.2, 0.25) is 0 Å². The molecule has 1 fully saturated rings. The summed E-state index contributed by atoms with van der Waals surface area (Å²) >= 11 is 1.18. The predicted octanol–water partition coefficient (Wildman–Crippen LogP) is 3.74. The van der Waals surface area contributed by atoms with Crippen molar-refractivity contribution in [1.82, 2.24) is 24.6 Å². The Morgan fingerprint density at radius 3 is 2.89 bits per heavy atom. The Kier molecular flexibility index (Phi) is 4.73. The Morgan fingerprint density at radius 1 is 1.37 bits per heavy atom. The van der Waals surface area contributed by atoms with E-state index in [4.69, 9.17) is 4.52 Å². The Morgan fingerprint density at radius 2 is 2.22 bits per heavy atom. The third-order valence-electron chi connectivity index (χ3n) is 5.05. The van der Waals surface area contributed by atoms with Crippen molar-refractivity contribution in [2.45, 2.75) is 46.1 Å². The number of hydrogen-bond acceptors (Lipinski definition) is 7. The van der Waals surface area contributed by atoms with E-state index in [0.717, 1.165) is 53.4 Å². The summed E-state index contributed by atoms with van der Waals surface area (Å²) in [6.07, 6.45) is 4.43. The molecule has 4 rings (SSSR count). The molecule has 1 amide bonds. The molecule has 1 aliphatic heterocycles. The second-order valence-electron chi connectivity index (χ2n) is 6.73. The Bertz CT molecular complexity index is 943. The molecule has 0 bridgehead atoms. The Balaban J connectivity index is 1.60. The lowest BCUT2D eigenvalue weighted by atomic mass is 10.0. The number of nitrogens with zero attached hydrogens (tertiary/aromatic N) is 5. The molecule has 7 nitrogen and oxygen atoms in total. The zero-order valence-corrected chi connectivity index (χ0v) is 16.4. The number of carbonyl (C=O) groups excluding carboxylic acids is 1. The summed E-state index contributed by atoms with van der Waals surface area (Å²) < 4.78 is 9.20. The van der Waals surface area contributed by atoms with Gasteiger partial charge in [-0.3, -0.25) is 9.78 Å². The molecule has 27 heavy (non-hydrogen) atoms. The van der Waals surface area contributed by atoms with Crippen molar-refractivity contribution < 1.29 is 9.32 Å². The van der Waals surface area contributed by atoms with E-state index in [2.05, 4.69) is 19.7 Å². The third kappa shape index (κ3) is 3.14. The molecule has 0 aliphatic carbocycles. The minimum absolute atomic E-state index is 0.0111. The van der Waals surface area contributed by atoms with Gasteiger partial charge in [0.25, 0.3) is 5.91 Å². The van der Waals surface area contributed by atoms with Gasteiger partial charge in [-0.1, -0.05) is 22.6 Å². The van der Waals surface area contributed by atoms with Gasteiger partial charge in [0.2, 0.25) is 0 Å². The monoisotopic (exact) mass is 383 g/mol. The minimum Gasteiger partial charge on any atom is -0.361 e. The van der Waals surface area contributed by atoms with E-state index in [9.17, 15) is 4.79 Å². The maximum Gasteiger partial charge on any atom is 0.268 e. The maximum absolute atomic E-state index is 13.0. The number of pyridine rings is 1. The fourth-order valence-electron chi connectivity index (χ4n) is 3.70. The van der Waals surface area contributed by atoms with Gasteiger partial charge < -0.3 is 9.42 Å². The van der Waals surface area contributed by atoms with Crippen LogP contribution in [0.1, 0.15) is 58.3 Å². The zero-order chi connectivity index (χ0) is 19.0. The van der Waals surface area contributed by atoms with Gasteiger partial charge >= 0.3 is 0 Å². The van der Waals surface area contributed by atoms with Gasteiger partial charge in [0.05, 0.1) is 23.1 Å². The van der Waals surface area contributed by atoms with E-state index in [0.29, 0.717) is 11.3 Å². The average Bonchev–Trinajstić information content (AvgIpc) is 3.41. The number of likely N-dealkylation sites (tertiary alicyclic amines) is 1. The first-order valence-corrected chi connectivity index (χ1v) is 9.88. The highest BCUT2D eigenvalue weighted by Gasteiger charge is 2.33. The highest BCUT2D eigenvalue weighted by molar-refractivity contribution is 7.08. The van der Waals surface area contributed by atoms with Crippen molar-refractivity contribution in [3.8, 4) is 11.1 Å². The third-order valence-corrected chi connectivity index (χ3v) is 5.80. The van der Waals surface area contributed by atoms with Crippen LogP contribution < -0.4 is 0 Å². The molecule has 3 aromatic rings. The molecular weight excluding hydrogens is 362 g/mol. The smallest absolute Gasteiger partial charge is 0.268 e. The summed E-state index contributed by atoms with van der Waals surface area (Å²) in [7, 11) is 0. The van der Waals surface area contributed by atoms with Crippen LogP contribution in [-0.2, 0) is 6.42 Å². The van der Waals surface area contributed by atoms with Crippen molar-refractivity contribution in [2.24, 2.45) is 0 Å². The van der Waals surface area contributed by atoms with Crippen LogP contribution >= 0.6 is 11.5 Å². The highest BCUT2D eigenvalue weighted by atomic mass is 32.1. The molecule has 0 N–H and O–H groups in total. The first kappa shape index (κ1) is 17.8. The average molecular weight is 383 g/mol. The lowest BCUT2D eigenvalue weighted by Gasteiger charge is -2.24. The predicted molar refractivity (Wildman–Crippen MR) is 102 cm³/mol. The second-order valence-corrected chi connectivity index (χ2v) is 7.48. The normalized spacial score (nSPS) is 16.9. The number of aromatic nitrogens is 4. The molecule has 1 aliphatic rings. The van der Waals surface area contributed by atoms with Crippen LogP contribution in [0.4, 0.5) is 0 Å². The first-order valence-electron chi connectivity index (χ1n) is 9.11. The fraction of sp³-hybridized carbons (Fsp3) is 0.421. The van der Waals surface area contributed by atoms with Gasteiger partial charge in [0.1, 0.15) is 10.6 Å². The maximum atomic E-state index is 13.0. The molecule has 0 aromatic carbocycles. The van der Waals surface area contributed by atoms with Gasteiger partial charge in [0.15, 0.2) is 0 Å². The van der Waals surface area contributed by atoms with Crippen LogP contribution in [0.15, 0.2) is 22.9 Å². The van der Waals surface area contributed by atoms with E-state index in [-0.39, 0.29) is 11.9 Å². The van der Waals surface area contributed by atoms with Crippen LogP contribution in [0.25, 0.3) is 11.1 Å². The van der Waals surface area contributed by atoms with Crippen molar-refractivity contribution in [3.05, 3.63) is 46.0 Å². The van der Waals surface area contributed by atoms with Gasteiger partial charge in [-0.2, -0.15) is 0 Å². The molecular formula is C19H21N5O2S. The quantitative estimate of drug-likeness (QED) is 0.682. The van der Waals surface area contributed by atoms with E-state index >= 15 is 0 Å². The van der Waals surface area contributed by atoms with Crippen molar-refractivity contribution in [1.29, 1.82) is 0 Å². The summed E-state index contributed by atoms with van der Waals surface area (Å²) in [6, 6.07) is 4.02. The number of amides is 1. The van der Waals surface area contributed by atoms with Crippen molar-refractivity contribution in [2.75, 3.05) is 6.54 Å². The number of carbonyl (C=O) groups is 1. The van der Waals surface area contributed by atoms with Crippen LogP contribution in [0.3, 0.4) is 0 Å². The fourth-order valence-corrected chi connectivity index (χ4v) is 4.40. The molecule has 8 heteroatoms. The van der Waals surface area contributed by atoms with E-state index in [1.807, 2.05) is 44.0 Å². The zero-order valence-electron chi connectivity index (χ0n) is 15.6. The molecule has 0 spiro atoms. The molecule has 3 aromatic heterocycles. The number of hydrogen-bond donors (Lipinski definition) is 0. The van der Waals surface area contributed by atoms with Gasteiger partial charge in [0, 0.05) is 23.9 Å². The topological polar surface area (TPSA) is 85.0 Å². The largest absolute Gasteiger partial charge is 0.361 e. The molecule has 140 valence electrons. The van der Waals surface area contributed by atoms with Crippen molar-refractivity contribution in [3.63, 3.8) is 0 Å². The second kappa shape index (κ2) is 7.19. The van der Waals surface area contributed by atoms with Crippen molar-refractivity contribution >= 4 is 17.4 Å². The van der Waals surface area contributed by atoms with Crippen LogP contribution in [0, 0.1) is 13.8 Å². The SMILES string of the molecule is CCc1nnsc1C(=O)N1CCCC1c1ccc(-c2c(C)noc2C)cn1. The lowest BCUT2D eigenvalue weighted by molar-refractivity contribution is 0.0736. The number of rotatable bonds is 4. The lowest BCUT2D eigenvalue weighted by Crippen LogP contribution is -2.31. The summed E-state index contributed by atoms with van der Waals surface area (Å²) in [6.45, 7) is 6.54. The summed E-state index contributed by atoms with van der Waals surface area (Å²) in [5.41, 5.74) is 4.50. The molecule has 0 radical (unpaired) electrons. The van der Waals surface area contributed by atoms with Gasteiger partial charge in [-0.15, -0.1) is 5.10 Å². The van der Waals surface area contributed by atoms with E-state index < -0.39 is 0 Å². The summed E-state index contributed by atoms with van der Waals surface area (Å²) in [5, 5.41) is 8.08. The van der Waals surface area contributed by atoms with Crippen LogP contribution in [-0.4, -0.2) is 37.1 Å². The molecule has 1 atom stereocenters. The number of aryl methyl sites for hydroxylation is 3. The molecule has 1 saturated heterocycles. The Labute approximate surface area is 161 Å². The van der Waals surface area contributed by atoms with Gasteiger partial charge in [-0.25, -0.2) is 0 Å². The Hall–Kier alpha value is -2.61. The van der Waals surface area contributed by atoms with E-state index in [1.54, 1.807) is 0 Å². The minimum atomic E-state index is -0.0111. The standard InChI is InChI=1S/C19H21N5O2S/c1-4-14-18(27-23-21-14)19(25)24-9-5-6-16(24)15-8-7-13(10-20-15)17-11(2)22-26-12(17)3/h7-8,10,16H,4-6,9H2,1-3H3. The van der Waals surface area contributed by atoms with Crippen LogP contribution in [0.5, 0.6) is 0 Å². The first-order chi connectivity index (χ1) is 13.1. The molecule has 1 unspecified atom stereocenters. The summed E-state index contributed by atoms with van der Waals surface area (Å²) in [4.78, 5) is 20.2. The highest BCUT2D eigenvalue weighted by Crippen LogP contribution is 2.34.